The molecular formula is C16H32IN5. The highest BCUT2D eigenvalue weighted by Crippen LogP contribution is 2.31. The van der Waals surface area contributed by atoms with Crippen LogP contribution in [0.3, 0.4) is 0 Å². The predicted octanol–water partition coefficient (Wildman–Crippen LogP) is 1.62. The number of piperidine rings is 2. The summed E-state index contributed by atoms with van der Waals surface area (Å²) < 4.78 is 0. The second-order valence-corrected chi connectivity index (χ2v) is 7.20. The normalized spacial score (nSPS) is 27.2. The highest BCUT2D eigenvalue weighted by Gasteiger charge is 2.39. The van der Waals surface area contributed by atoms with Gasteiger partial charge in [0.2, 0.25) is 0 Å². The molecule has 5 nitrogen and oxygen atoms in total. The summed E-state index contributed by atoms with van der Waals surface area (Å²) >= 11 is 0. The number of likely N-dealkylation sites (tertiary alicyclic amines) is 2. The minimum Gasteiger partial charge on any atom is -0.370 e. The topological polar surface area (TPSA) is 56.9 Å². The molecule has 1 saturated carbocycles. The second kappa shape index (κ2) is 8.15. The van der Waals surface area contributed by atoms with E-state index >= 15 is 0 Å². The highest BCUT2D eigenvalue weighted by molar-refractivity contribution is 14.0. The van der Waals surface area contributed by atoms with Crippen molar-refractivity contribution in [1.82, 2.24) is 15.1 Å². The third kappa shape index (κ3) is 4.71. The maximum atomic E-state index is 6.06. The lowest BCUT2D eigenvalue weighted by Gasteiger charge is -2.49. The summed E-state index contributed by atoms with van der Waals surface area (Å²) in [4.78, 5) is 9.89. The van der Waals surface area contributed by atoms with Gasteiger partial charge in [0.1, 0.15) is 0 Å². The lowest BCUT2D eigenvalue weighted by Crippen LogP contribution is -2.58. The van der Waals surface area contributed by atoms with Crippen LogP contribution in [0.15, 0.2) is 4.99 Å². The van der Waals surface area contributed by atoms with E-state index in [2.05, 4.69) is 22.2 Å². The van der Waals surface area contributed by atoms with Gasteiger partial charge in [-0.15, -0.1) is 24.0 Å². The number of hydrogen-bond acceptors (Lipinski definition) is 3. The number of nitrogens with two attached hydrogens (primary N) is 1. The number of hydrogen-bond donors (Lipinski definition) is 2. The lowest BCUT2D eigenvalue weighted by atomic mass is 9.84. The minimum absolute atomic E-state index is 0. The maximum absolute atomic E-state index is 6.06. The molecule has 3 N–H and O–H groups in total. The van der Waals surface area contributed by atoms with E-state index in [0.29, 0.717) is 12.0 Å². The Hall–Kier alpha value is -0.0800. The largest absolute Gasteiger partial charge is 0.370 e. The molecule has 0 aromatic heterocycles. The fraction of sp³-hybridized carbons (Fsp3) is 0.938. The van der Waals surface area contributed by atoms with Gasteiger partial charge >= 0.3 is 0 Å². The van der Waals surface area contributed by atoms with Crippen molar-refractivity contribution in [3.8, 4) is 0 Å². The molecule has 2 aliphatic heterocycles. The molecule has 2 saturated heterocycles. The molecule has 0 bridgehead atoms. The first-order chi connectivity index (χ1) is 10.2. The second-order valence-electron chi connectivity index (χ2n) is 7.20. The summed E-state index contributed by atoms with van der Waals surface area (Å²) in [6.45, 7) is 5.72. The van der Waals surface area contributed by atoms with Gasteiger partial charge in [-0.05, 0) is 71.8 Å². The average molecular weight is 421 g/mol. The van der Waals surface area contributed by atoms with Crippen molar-refractivity contribution >= 4 is 29.9 Å². The van der Waals surface area contributed by atoms with Gasteiger partial charge in [-0.3, -0.25) is 9.89 Å². The van der Waals surface area contributed by atoms with Crippen LogP contribution >= 0.6 is 24.0 Å². The SMILES string of the molecule is CN1CCC(CN=C(N)NC2CC2)(N2CCCCC2)CC1.I. The molecule has 128 valence electrons. The summed E-state index contributed by atoms with van der Waals surface area (Å²) in [5.74, 6) is 0.660. The molecule has 0 aromatic carbocycles. The fourth-order valence-electron chi connectivity index (χ4n) is 3.69. The number of aliphatic imine (C=N–C) groups is 1. The van der Waals surface area contributed by atoms with E-state index in [4.69, 9.17) is 10.7 Å². The molecule has 3 rings (SSSR count). The molecule has 0 aromatic rings. The predicted molar refractivity (Wildman–Crippen MR) is 103 cm³/mol. The molecule has 0 unspecified atom stereocenters. The van der Waals surface area contributed by atoms with Crippen molar-refractivity contribution in [2.24, 2.45) is 10.7 Å². The summed E-state index contributed by atoms with van der Waals surface area (Å²) in [6, 6.07) is 0.595. The Balaban J connectivity index is 0.00000176. The smallest absolute Gasteiger partial charge is 0.188 e. The van der Waals surface area contributed by atoms with E-state index in [1.807, 2.05) is 0 Å². The van der Waals surface area contributed by atoms with Crippen molar-refractivity contribution in [3.63, 3.8) is 0 Å². The van der Waals surface area contributed by atoms with E-state index < -0.39 is 0 Å². The molecule has 2 heterocycles. The lowest BCUT2D eigenvalue weighted by molar-refractivity contribution is 0.0208. The summed E-state index contributed by atoms with van der Waals surface area (Å²) in [5, 5.41) is 3.32. The maximum Gasteiger partial charge on any atom is 0.188 e. The fourth-order valence-corrected chi connectivity index (χ4v) is 3.69. The Morgan fingerprint density at radius 3 is 2.36 bits per heavy atom. The number of rotatable bonds is 4. The first kappa shape index (κ1) is 18.3. The number of guanidine groups is 1. The van der Waals surface area contributed by atoms with Gasteiger partial charge < -0.3 is 16.0 Å². The molecule has 0 spiro atoms. The highest BCUT2D eigenvalue weighted by atomic mass is 127. The van der Waals surface area contributed by atoms with E-state index in [0.717, 1.165) is 6.54 Å². The summed E-state index contributed by atoms with van der Waals surface area (Å²) in [7, 11) is 2.23. The van der Waals surface area contributed by atoms with Crippen molar-refractivity contribution in [2.75, 3.05) is 39.8 Å². The van der Waals surface area contributed by atoms with Crippen molar-refractivity contribution < 1.29 is 0 Å². The van der Waals surface area contributed by atoms with Crippen LogP contribution in [-0.2, 0) is 0 Å². The molecule has 22 heavy (non-hydrogen) atoms. The molecule has 1 aliphatic carbocycles. The van der Waals surface area contributed by atoms with Gasteiger partial charge in [0, 0.05) is 11.6 Å². The number of halogens is 1. The molecule has 3 fully saturated rings. The van der Waals surface area contributed by atoms with Crippen LogP contribution < -0.4 is 11.1 Å². The Bertz CT molecular complexity index is 369. The zero-order valence-corrected chi connectivity index (χ0v) is 16.2. The van der Waals surface area contributed by atoms with Crippen LogP contribution in [0.4, 0.5) is 0 Å². The minimum atomic E-state index is 0. The molecule has 0 atom stereocenters. The monoisotopic (exact) mass is 421 g/mol. The van der Waals surface area contributed by atoms with Crippen LogP contribution in [0.25, 0.3) is 0 Å². The van der Waals surface area contributed by atoms with Gasteiger partial charge in [-0.25, -0.2) is 0 Å². The molecular weight excluding hydrogens is 389 g/mol. The van der Waals surface area contributed by atoms with Crippen molar-refractivity contribution in [1.29, 1.82) is 0 Å². The zero-order valence-electron chi connectivity index (χ0n) is 13.9. The first-order valence-corrected chi connectivity index (χ1v) is 8.68. The van der Waals surface area contributed by atoms with Gasteiger partial charge in [0.25, 0.3) is 0 Å². The Morgan fingerprint density at radius 1 is 1.14 bits per heavy atom. The third-order valence-electron chi connectivity index (χ3n) is 5.42. The Morgan fingerprint density at radius 2 is 1.77 bits per heavy atom. The standard InChI is InChI=1S/C16H31N5.HI/c1-20-11-7-16(8-12-20,21-9-3-2-4-10-21)13-18-15(17)19-14-5-6-14;/h14H,2-13H2,1H3,(H3,17,18,19);1H. The third-order valence-corrected chi connectivity index (χ3v) is 5.42. The molecule has 6 heteroatoms. The summed E-state index contributed by atoms with van der Waals surface area (Å²) in [6.07, 6.45) is 9.03. The van der Waals surface area contributed by atoms with Crippen LogP contribution in [0.5, 0.6) is 0 Å². The van der Waals surface area contributed by atoms with E-state index in [-0.39, 0.29) is 29.5 Å². The molecule has 3 aliphatic rings. The van der Waals surface area contributed by atoms with Crippen LogP contribution in [0.1, 0.15) is 44.9 Å². The molecule has 0 radical (unpaired) electrons. The van der Waals surface area contributed by atoms with Gasteiger partial charge in [-0.2, -0.15) is 0 Å². The number of nitrogens with one attached hydrogen (secondary N) is 1. The molecule has 0 amide bonds. The Kier molecular flexibility index (Phi) is 6.76. The van der Waals surface area contributed by atoms with Crippen LogP contribution in [0, 0.1) is 0 Å². The van der Waals surface area contributed by atoms with E-state index in [1.165, 1.54) is 71.1 Å². The Labute approximate surface area is 152 Å². The number of nitrogens with zero attached hydrogens (tertiary/aromatic N) is 3. The van der Waals surface area contributed by atoms with Gasteiger partial charge in [0.15, 0.2) is 5.96 Å². The van der Waals surface area contributed by atoms with E-state index in [1.54, 1.807) is 0 Å². The zero-order chi connectivity index (χ0) is 14.7. The van der Waals surface area contributed by atoms with Gasteiger partial charge in [-0.1, -0.05) is 6.42 Å². The van der Waals surface area contributed by atoms with E-state index in [9.17, 15) is 0 Å². The average Bonchev–Trinajstić information content (AvgIpc) is 3.32. The van der Waals surface area contributed by atoms with Crippen molar-refractivity contribution in [2.45, 2.75) is 56.5 Å². The first-order valence-electron chi connectivity index (χ1n) is 8.68. The quantitative estimate of drug-likeness (QED) is 0.412. The van der Waals surface area contributed by atoms with Gasteiger partial charge in [0.05, 0.1) is 6.54 Å². The summed E-state index contributed by atoms with van der Waals surface area (Å²) in [5.41, 5.74) is 6.31. The van der Waals surface area contributed by atoms with Crippen molar-refractivity contribution in [3.05, 3.63) is 0 Å². The van der Waals surface area contributed by atoms with Crippen LogP contribution in [0.2, 0.25) is 0 Å². The van der Waals surface area contributed by atoms with Crippen LogP contribution in [-0.4, -0.2) is 67.1 Å².